The lowest BCUT2D eigenvalue weighted by Gasteiger charge is -2.34. The van der Waals surface area contributed by atoms with Gasteiger partial charge in [0.1, 0.15) is 11.4 Å². The van der Waals surface area contributed by atoms with E-state index in [4.69, 9.17) is 9.47 Å². The topological polar surface area (TPSA) is 72.5 Å². The van der Waals surface area contributed by atoms with E-state index >= 15 is 0 Å². The number of nitrogens with zero attached hydrogens (tertiary/aromatic N) is 1. The van der Waals surface area contributed by atoms with Crippen molar-refractivity contribution in [3.05, 3.63) is 48.7 Å². The summed E-state index contributed by atoms with van der Waals surface area (Å²) < 4.78 is 11.2. The van der Waals surface area contributed by atoms with E-state index in [1.54, 1.807) is 25.4 Å². The number of hydrogen-bond acceptors (Lipinski definition) is 5. The van der Waals surface area contributed by atoms with Crippen LogP contribution in [0.2, 0.25) is 0 Å². The van der Waals surface area contributed by atoms with Crippen LogP contribution in [0.4, 0.5) is 5.69 Å². The van der Waals surface area contributed by atoms with Crippen LogP contribution >= 0.6 is 24.8 Å². The molecule has 0 radical (unpaired) electrons. The molecule has 6 nitrogen and oxygen atoms in total. The van der Waals surface area contributed by atoms with E-state index in [9.17, 15) is 4.79 Å². The summed E-state index contributed by atoms with van der Waals surface area (Å²) >= 11 is 0. The van der Waals surface area contributed by atoms with Gasteiger partial charge in [0.15, 0.2) is 0 Å². The highest BCUT2D eigenvalue weighted by Gasteiger charge is 2.39. The highest BCUT2D eigenvalue weighted by Crippen LogP contribution is 2.27. The van der Waals surface area contributed by atoms with Crippen LogP contribution in [-0.2, 0) is 9.53 Å². The first-order valence-electron chi connectivity index (χ1n) is 7.98. The molecule has 1 aliphatic heterocycles. The van der Waals surface area contributed by atoms with Gasteiger partial charge in [-0.3, -0.25) is 4.79 Å². The number of rotatable bonds is 5. The molecule has 0 spiro atoms. The molecular weight excluding hydrogens is 377 g/mol. The fourth-order valence-electron chi connectivity index (χ4n) is 2.77. The largest absolute Gasteiger partial charge is 0.439 e. The van der Waals surface area contributed by atoms with E-state index in [-0.39, 0.29) is 30.7 Å². The van der Waals surface area contributed by atoms with Gasteiger partial charge >= 0.3 is 0 Å². The first-order valence-corrected chi connectivity index (χ1v) is 7.98. The monoisotopic (exact) mass is 399 g/mol. The lowest BCUT2D eigenvalue weighted by molar-refractivity contribution is -0.140. The van der Waals surface area contributed by atoms with Gasteiger partial charge < -0.3 is 20.1 Å². The van der Waals surface area contributed by atoms with Crippen molar-refractivity contribution in [1.82, 2.24) is 10.3 Å². The Balaban J connectivity index is 0.00000169. The molecule has 0 saturated carbocycles. The Kier molecular flexibility index (Phi) is 8.81. The van der Waals surface area contributed by atoms with Crippen molar-refractivity contribution in [3.8, 4) is 11.6 Å². The number of methoxy groups -OCH3 is 1. The lowest BCUT2D eigenvalue weighted by Crippen LogP contribution is -2.51. The van der Waals surface area contributed by atoms with Gasteiger partial charge in [0.05, 0.1) is 0 Å². The third kappa shape index (κ3) is 5.32. The zero-order valence-corrected chi connectivity index (χ0v) is 16.1. The van der Waals surface area contributed by atoms with E-state index in [1.807, 2.05) is 30.3 Å². The van der Waals surface area contributed by atoms with Gasteiger partial charge in [-0.2, -0.15) is 0 Å². The summed E-state index contributed by atoms with van der Waals surface area (Å²) in [4.78, 5) is 16.8. The fraction of sp³-hybridized carbons (Fsp3) is 0.333. The molecule has 1 fully saturated rings. The molecule has 1 amide bonds. The number of nitrogens with one attached hydrogen (secondary N) is 2. The first-order chi connectivity index (χ1) is 11.7. The van der Waals surface area contributed by atoms with Gasteiger partial charge in [0.2, 0.25) is 5.88 Å². The molecule has 0 unspecified atom stereocenters. The maximum absolute atomic E-state index is 12.7. The SMILES string of the molecule is COC1(C(=O)Nc2cccc(Oc3ccccn3)c2)CCNCC1.Cl.Cl. The minimum absolute atomic E-state index is 0. The molecule has 1 aromatic carbocycles. The molecule has 0 atom stereocenters. The maximum Gasteiger partial charge on any atom is 0.256 e. The zero-order chi connectivity index (χ0) is 16.8. The van der Waals surface area contributed by atoms with Crippen molar-refractivity contribution in [1.29, 1.82) is 0 Å². The van der Waals surface area contributed by atoms with Gasteiger partial charge in [-0.15, -0.1) is 24.8 Å². The van der Waals surface area contributed by atoms with Crippen LogP contribution in [0.1, 0.15) is 12.8 Å². The smallest absolute Gasteiger partial charge is 0.256 e. The molecule has 2 N–H and O–H groups in total. The molecule has 0 aliphatic carbocycles. The minimum atomic E-state index is -0.775. The second kappa shape index (κ2) is 10.3. The third-order valence-electron chi connectivity index (χ3n) is 4.17. The molecule has 1 aliphatic rings. The quantitative estimate of drug-likeness (QED) is 0.805. The molecular formula is C18H23Cl2N3O3. The van der Waals surface area contributed by atoms with Crippen LogP contribution in [0.5, 0.6) is 11.6 Å². The molecule has 2 aromatic rings. The number of benzene rings is 1. The normalized spacial score (nSPS) is 15.1. The van der Waals surface area contributed by atoms with E-state index in [2.05, 4.69) is 15.6 Å². The Morgan fingerprint density at radius 3 is 2.58 bits per heavy atom. The first kappa shape index (κ1) is 22.2. The van der Waals surface area contributed by atoms with Gasteiger partial charge in [-0.25, -0.2) is 4.98 Å². The van der Waals surface area contributed by atoms with Crippen molar-refractivity contribution < 1.29 is 14.3 Å². The van der Waals surface area contributed by atoms with Crippen molar-refractivity contribution in [3.63, 3.8) is 0 Å². The molecule has 1 saturated heterocycles. The number of halogens is 2. The predicted octanol–water partition coefficient (Wildman–Crippen LogP) is 3.42. The van der Waals surface area contributed by atoms with Crippen molar-refractivity contribution in [2.45, 2.75) is 18.4 Å². The Morgan fingerprint density at radius 1 is 1.15 bits per heavy atom. The van der Waals surface area contributed by atoms with Gasteiger partial charge in [0, 0.05) is 31.1 Å². The van der Waals surface area contributed by atoms with Gasteiger partial charge in [-0.1, -0.05) is 12.1 Å². The average molecular weight is 400 g/mol. The van der Waals surface area contributed by atoms with Crippen LogP contribution in [0.15, 0.2) is 48.7 Å². The standard InChI is InChI=1S/C18H21N3O3.2ClH/c1-23-18(8-11-19-12-9-18)17(22)21-14-5-4-6-15(13-14)24-16-7-2-3-10-20-16;;/h2-7,10,13,19H,8-9,11-12H2,1H3,(H,21,22);2*1H. The summed E-state index contributed by atoms with van der Waals surface area (Å²) in [6.07, 6.45) is 2.97. The highest BCUT2D eigenvalue weighted by atomic mass is 35.5. The zero-order valence-electron chi connectivity index (χ0n) is 14.4. The van der Waals surface area contributed by atoms with Crippen LogP contribution in [0.3, 0.4) is 0 Å². The van der Waals surface area contributed by atoms with E-state index in [1.165, 1.54) is 0 Å². The number of amides is 1. The van der Waals surface area contributed by atoms with Gasteiger partial charge in [-0.05, 0) is 44.1 Å². The number of pyridine rings is 1. The van der Waals surface area contributed by atoms with Crippen LogP contribution in [0, 0.1) is 0 Å². The van der Waals surface area contributed by atoms with Crippen molar-refractivity contribution in [2.24, 2.45) is 0 Å². The van der Waals surface area contributed by atoms with E-state index < -0.39 is 5.60 Å². The molecule has 3 rings (SSSR count). The number of aromatic nitrogens is 1. The lowest BCUT2D eigenvalue weighted by atomic mass is 9.91. The number of carbonyl (C=O) groups is 1. The second-order valence-corrected chi connectivity index (χ2v) is 5.70. The van der Waals surface area contributed by atoms with Gasteiger partial charge in [0.25, 0.3) is 5.91 Å². The summed E-state index contributed by atoms with van der Waals surface area (Å²) in [5.41, 5.74) is -0.105. The van der Waals surface area contributed by atoms with E-state index in [0.29, 0.717) is 30.2 Å². The molecule has 8 heteroatoms. The Bertz CT molecular complexity index is 695. The van der Waals surface area contributed by atoms with Crippen LogP contribution < -0.4 is 15.4 Å². The number of anilines is 1. The summed E-state index contributed by atoms with van der Waals surface area (Å²) in [7, 11) is 1.59. The Morgan fingerprint density at radius 2 is 1.92 bits per heavy atom. The number of hydrogen-bond donors (Lipinski definition) is 2. The summed E-state index contributed by atoms with van der Waals surface area (Å²) in [5, 5.41) is 6.18. The van der Waals surface area contributed by atoms with Crippen LogP contribution in [0.25, 0.3) is 0 Å². The average Bonchev–Trinajstić information content (AvgIpc) is 2.63. The van der Waals surface area contributed by atoms with Crippen molar-refractivity contribution in [2.75, 3.05) is 25.5 Å². The highest BCUT2D eigenvalue weighted by molar-refractivity contribution is 5.97. The Hall–Kier alpha value is -1.86. The number of ether oxygens (including phenoxy) is 2. The van der Waals surface area contributed by atoms with Crippen LogP contribution in [-0.4, -0.2) is 36.7 Å². The fourth-order valence-corrected chi connectivity index (χ4v) is 2.77. The minimum Gasteiger partial charge on any atom is -0.439 e. The molecule has 0 bridgehead atoms. The summed E-state index contributed by atoms with van der Waals surface area (Å²) in [6, 6.07) is 12.7. The van der Waals surface area contributed by atoms with E-state index in [0.717, 1.165) is 13.1 Å². The summed E-state index contributed by atoms with van der Waals surface area (Å²) in [5.74, 6) is 0.998. The molecule has 1 aromatic heterocycles. The number of carbonyl (C=O) groups excluding carboxylic acids is 1. The predicted molar refractivity (Wildman–Crippen MR) is 106 cm³/mol. The second-order valence-electron chi connectivity index (χ2n) is 5.70. The van der Waals surface area contributed by atoms with Crippen molar-refractivity contribution >= 4 is 36.4 Å². The molecule has 142 valence electrons. The Labute approximate surface area is 165 Å². The maximum atomic E-state index is 12.7. The molecule has 2 heterocycles. The number of piperidine rings is 1. The third-order valence-corrected chi connectivity index (χ3v) is 4.17. The molecule has 26 heavy (non-hydrogen) atoms. The summed E-state index contributed by atoms with van der Waals surface area (Å²) in [6.45, 7) is 1.54.